The molecule has 0 aliphatic carbocycles. The number of nitrogens with zero attached hydrogens (tertiary/aromatic N) is 1. The molecule has 2 N–H and O–H groups in total. The van der Waals surface area contributed by atoms with Crippen molar-refractivity contribution in [3.63, 3.8) is 0 Å². The number of hydrogen-bond acceptors (Lipinski definition) is 5. The number of sulfonamides is 1. The van der Waals surface area contributed by atoms with Crippen molar-refractivity contribution < 1.29 is 18.4 Å². The summed E-state index contributed by atoms with van der Waals surface area (Å²) >= 11 is 0. The minimum absolute atomic E-state index is 0.147. The fraction of sp³-hybridized carbons (Fsp3) is 0.500. The fourth-order valence-electron chi connectivity index (χ4n) is 1.64. The zero-order valence-electron chi connectivity index (χ0n) is 11.8. The van der Waals surface area contributed by atoms with Gasteiger partial charge in [-0.1, -0.05) is 0 Å². The molecule has 0 bridgehead atoms. The van der Waals surface area contributed by atoms with Gasteiger partial charge in [-0.25, -0.2) is 13.1 Å². The van der Waals surface area contributed by atoms with Gasteiger partial charge in [-0.2, -0.15) is 0 Å². The Morgan fingerprint density at radius 1 is 1.35 bits per heavy atom. The molecule has 0 aromatic heterocycles. The van der Waals surface area contributed by atoms with Crippen LogP contribution in [0.25, 0.3) is 0 Å². The quantitative estimate of drug-likeness (QED) is 0.628. The van der Waals surface area contributed by atoms with E-state index in [2.05, 4.69) is 4.72 Å². The molecule has 112 valence electrons. The van der Waals surface area contributed by atoms with Crippen molar-refractivity contribution in [3.05, 3.63) is 33.4 Å². The number of rotatable bonds is 5. The lowest BCUT2D eigenvalue weighted by atomic mass is 10.1. The Morgan fingerprint density at radius 2 is 1.90 bits per heavy atom. The molecule has 0 aliphatic rings. The summed E-state index contributed by atoms with van der Waals surface area (Å²) in [7, 11) is -3.95. The highest BCUT2D eigenvalue weighted by molar-refractivity contribution is 7.89. The maximum atomic E-state index is 12.3. The average molecular weight is 302 g/mol. The first kappa shape index (κ1) is 16.5. The highest BCUT2D eigenvalue weighted by Gasteiger charge is 2.28. The van der Waals surface area contributed by atoms with Crippen molar-refractivity contribution in [1.29, 1.82) is 0 Å². The molecule has 8 heteroatoms. The molecule has 0 spiro atoms. The Balaban J connectivity index is 3.42. The van der Waals surface area contributed by atoms with E-state index in [1.54, 1.807) is 13.8 Å². The lowest BCUT2D eigenvalue weighted by Gasteiger charge is -2.23. The number of hydrogen-bond donors (Lipinski definition) is 2. The molecule has 0 aliphatic heterocycles. The first-order chi connectivity index (χ1) is 9.00. The molecule has 0 unspecified atom stereocenters. The summed E-state index contributed by atoms with van der Waals surface area (Å²) in [6, 6.07) is 2.35. The summed E-state index contributed by atoms with van der Waals surface area (Å²) in [6.07, 6.45) is 0. The standard InChI is InChI=1S/C12H18N2O5S/c1-8-5-10(14(16)17)6-11(9(8)2)20(18,19)13-12(3,4)7-15/h5-6,13,15H,7H2,1-4H3. The van der Waals surface area contributed by atoms with Gasteiger partial charge in [0.2, 0.25) is 10.0 Å². The number of nitro benzene ring substituents is 1. The molecule has 1 aromatic carbocycles. The third-order valence-electron chi connectivity index (χ3n) is 2.91. The topological polar surface area (TPSA) is 110 Å². The molecular weight excluding hydrogens is 284 g/mol. The van der Waals surface area contributed by atoms with Crippen LogP contribution in [0.3, 0.4) is 0 Å². The maximum absolute atomic E-state index is 12.3. The van der Waals surface area contributed by atoms with Crippen LogP contribution in [0.15, 0.2) is 17.0 Å². The van der Waals surface area contributed by atoms with E-state index >= 15 is 0 Å². The van der Waals surface area contributed by atoms with Gasteiger partial charge >= 0.3 is 0 Å². The molecule has 0 saturated heterocycles. The lowest BCUT2D eigenvalue weighted by Crippen LogP contribution is -2.46. The summed E-state index contributed by atoms with van der Waals surface area (Å²) in [4.78, 5) is 10.1. The van der Waals surface area contributed by atoms with Crippen LogP contribution in [-0.4, -0.2) is 30.6 Å². The summed E-state index contributed by atoms with van der Waals surface area (Å²) in [5.41, 5.74) is -0.377. The third-order valence-corrected chi connectivity index (χ3v) is 4.74. The second kappa shape index (κ2) is 5.47. The van der Waals surface area contributed by atoms with Crippen molar-refractivity contribution in [2.45, 2.75) is 38.1 Å². The molecule has 1 aromatic rings. The highest BCUT2D eigenvalue weighted by atomic mass is 32.2. The number of nitrogens with one attached hydrogen (secondary N) is 1. The van der Waals surface area contributed by atoms with Crippen LogP contribution in [0, 0.1) is 24.0 Å². The summed E-state index contributed by atoms with van der Waals surface area (Å²) in [5.74, 6) is 0. The molecule has 0 radical (unpaired) electrons. The smallest absolute Gasteiger partial charge is 0.271 e. The van der Waals surface area contributed by atoms with E-state index in [1.165, 1.54) is 19.9 Å². The van der Waals surface area contributed by atoms with E-state index in [4.69, 9.17) is 5.11 Å². The van der Waals surface area contributed by atoms with E-state index in [0.29, 0.717) is 11.1 Å². The molecule has 1 rings (SSSR count). The Morgan fingerprint density at radius 3 is 2.35 bits per heavy atom. The van der Waals surface area contributed by atoms with E-state index in [9.17, 15) is 18.5 Å². The lowest BCUT2D eigenvalue weighted by molar-refractivity contribution is -0.385. The van der Waals surface area contributed by atoms with Gasteiger partial charge in [-0.05, 0) is 38.8 Å². The third kappa shape index (κ3) is 3.53. The number of benzene rings is 1. The van der Waals surface area contributed by atoms with Crippen molar-refractivity contribution in [1.82, 2.24) is 4.72 Å². The van der Waals surface area contributed by atoms with E-state index in [1.807, 2.05) is 0 Å². The number of aliphatic hydroxyl groups is 1. The van der Waals surface area contributed by atoms with Crippen LogP contribution < -0.4 is 4.72 Å². The van der Waals surface area contributed by atoms with Crippen LogP contribution in [0.5, 0.6) is 0 Å². The van der Waals surface area contributed by atoms with E-state index < -0.39 is 20.5 Å². The molecule has 0 amide bonds. The summed E-state index contributed by atoms with van der Waals surface area (Å²) < 4.78 is 27.0. The van der Waals surface area contributed by atoms with Crippen molar-refractivity contribution in [3.8, 4) is 0 Å². The van der Waals surface area contributed by atoms with E-state index in [0.717, 1.165) is 6.07 Å². The predicted molar refractivity (Wildman–Crippen MR) is 74.1 cm³/mol. The van der Waals surface area contributed by atoms with Gasteiger partial charge in [-0.3, -0.25) is 10.1 Å². The van der Waals surface area contributed by atoms with Crippen LogP contribution in [0.1, 0.15) is 25.0 Å². The SMILES string of the molecule is Cc1cc([N+](=O)[O-])cc(S(=O)(=O)NC(C)(C)CO)c1C. The normalized spacial score (nSPS) is 12.4. The monoisotopic (exact) mass is 302 g/mol. The van der Waals surface area contributed by atoms with Gasteiger partial charge in [0, 0.05) is 12.1 Å². The van der Waals surface area contributed by atoms with Crippen molar-refractivity contribution >= 4 is 15.7 Å². The van der Waals surface area contributed by atoms with Gasteiger partial charge in [-0.15, -0.1) is 0 Å². The number of aryl methyl sites for hydroxylation is 1. The van der Waals surface area contributed by atoms with Crippen LogP contribution >= 0.6 is 0 Å². The Kier molecular flexibility index (Phi) is 4.52. The zero-order chi connectivity index (χ0) is 15.7. The van der Waals surface area contributed by atoms with Gasteiger partial charge in [0.25, 0.3) is 5.69 Å². The number of nitro groups is 1. The Labute approximate surface area is 117 Å². The molecular formula is C12H18N2O5S. The highest BCUT2D eigenvalue weighted by Crippen LogP contribution is 2.26. The Bertz CT molecular complexity index is 637. The van der Waals surface area contributed by atoms with Crippen LogP contribution in [-0.2, 0) is 10.0 Å². The summed E-state index contributed by atoms with van der Waals surface area (Å²) in [6.45, 7) is 5.84. The first-order valence-corrected chi connectivity index (χ1v) is 7.39. The maximum Gasteiger partial charge on any atom is 0.271 e. The fourth-order valence-corrected chi connectivity index (χ4v) is 3.39. The summed E-state index contributed by atoms with van der Waals surface area (Å²) in [5, 5.41) is 20.0. The molecule has 0 fully saturated rings. The molecule has 0 saturated carbocycles. The molecule has 7 nitrogen and oxygen atoms in total. The first-order valence-electron chi connectivity index (χ1n) is 5.90. The van der Waals surface area contributed by atoms with Gasteiger partial charge in [0.15, 0.2) is 0 Å². The minimum atomic E-state index is -3.95. The largest absolute Gasteiger partial charge is 0.394 e. The zero-order valence-corrected chi connectivity index (χ0v) is 12.6. The van der Waals surface area contributed by atoms with Crippen molar-refractivity contribution in [2.24, 2.45) is 0 Å². The van der Waals surface area contributed by atoms with Gasteiger partial charge in [0.05, 0.1) is 22.0 Å². The Hall–Kier alpha value is -1.51. The second-order valence-electron chi connectivity index (χ2n) is 5.29. The second-order valence-corrected chi connectivity index (χ2v) is 6.94. The van der Waals surface area contributed by atoms with Crippen molar-refractivity contribution in [2.75, 3.05) is 6.61 Å². The van der Waals surface area contributed by atoms with Gasteiger partial charge in [0.1, 0.15) is 0 Å². The van der Waals surface area contributed by atoms with Crippen LogP contribution in [0.2, 0.25) is 0 Å². The molecule has 0 heterocycles. The number of aliphatic hydroxyl groups excluding tert-OH is 1. The average Bonchev–Trinajstić information content (AvgIpc) is 2.30. The number of non-ortho nitro benzene ring substituents is 1. The minimum Gasteiger partial charge on any atom is -0.394 e. The molecule has 0 atom stereocenters. The van der Waals surface area contributed by atoms with Gasteiger partial charge < -0.3 is 5.11 Å². The van der Waals surface area contributed by atoms with E-state index in [-0.39, 0.29) is 17.2 Å². The van der Waals surface area contributed by atoms with Crippen LogP contribution in [0.4, 0.5) is 5.69 Å². The molecule has 20 heavy (non-hydrogen) atoms. The predicted octanol–water partition coefficient (Wildman–Crippen LogP) is 1.26.